The molecule has 0 aliphatic carbocycles. The van der Waals surface area contributed by atoms with Crippen LogP contribution in [0.3, 0.4) is 0 Å². The maximum absolute atomic E-state index is 13.5. The molecule has 2 aromatic rings. The topological polar surface area (TPSA) is 88.4 Å². The molecular weight excluding hydrogens is 438 g/mol. The minimum atomic E-state index is -3.52. The number of aromatic nitrogens is 3. The van der Waals surface area contributed by atoms with Crippen molar-refractivity contribution >= 4 is 15.9 Å². The van der Waals surface area contributed by atoms with Gasteiger partial charge < -0.3 is 9.47 Å². The summed E-state index contributed by atoms with van der Waals surface area (Å²) in [4.78, 5) is 15.8. The van der Waals surface area contributed by atoms with Gasteiger partial charge >= 0.3 is 0 Å². The van der Waals surface area contributed by atoms with Gasteiger partial charge in [0.2, 0.25) is 15.9 Å². The van der Waals surface area contributed by atoms with Gasteiger partial charge in [-0.2, -0.15) is 4.31 Å². The summed E-state index contributed by atoms with van der Waals surface area (Å²) in [7, 11) is -3.52. The minimum Gasteiger partial charge on any atom is -0.332 e. The highest BCUT2D eigenvalue weighted by atomic mass is 32.2. The van der Waals surface area contributed by atoms with Crippen LogP contribution >= 0.6 is 0 Å². The Morgan fingerprint density at radius 1 is 0.909 bits per heavy atom. The summed E-state index contributed by atoms with van der Waals surface area (Å²) in [6.45, 7) is 4.38. The second-order valence-corrected chi connectivity index (χ2v) is 11.6. The van der Waals surface area contributed by atoms with Crippen LogP contribution in [0.25, 0.3) is 0 Å². The Labute approximate surface area is 196 Å². The van der Waals surface area contributed by atoms with Crippen molar-refractivity contribution in [2.24, 2.45) is 5.92 Å². The molecule has 3 aliphatic rings. The Morgan fingerprint density at radius 2 is 1.67 bits per heavy atom. The molecule has 5 rings (SSSR count). The van der Waals surface area contributed by atoms with Crippen molar-refractivity contribution in [2.75, 3.05) is 19.6 Å². The van der Waals surface area contributed by atoms with E-state index in [-0.39, 0.29) is 17.9 Å². The van der Waals surface area contributed by atoms with Gasteiger partial charge in [0.05, 0.1) is 10.9 Å². The number of benzene rings is 1. The lowest BCUT2D eigenvalue weighted by molar-refractivity contribution is -0.137. The zero-order chi connectivity index (χ0) is 23.0. The molecule has 178 valence electrons. The molecule has 4 heterocycles. The van der Waals surface area contributed by atoms with E-state index < -0.39 is 10.0 Å². The number of carbonyl (C=O) groups excluding carboxylic acids is 1. The van der Waals surface area contributed by atoms with Crippen molar-refractivity contribution in [1.29, 1.82) is 0 Å². The average molecular weight is 472 g/mol. The predicted octanol–water partition coefficient (Wildman–Crippen LogP) is 3.08. The summed E-state index contributed by atoms with van der Waals surface area (Å²) in [5.74, 6) is 2.01. The molecule has 1 amide bonds. The molecule has 0 bridgehead atoms. The maximum Gasteiger partial charge on any atom is 0.243 e. The van der Waals surface area contributed by atoms with Crippen LogP contribution in [0.15, 0.2) is 29.2 Å². The summed E-state index contributed by atoms with van der Waals surface area (Å²) in [5.41, 5.74) is 1.03. The molecular formula is C24H33N5O3S. The highest BCUT2D eigenvalue weighted by molar-refractivity contribution is 7.89. The van der Waals surface area contributed by atoms with E-state index in [1.54, 1.807) is 12.1 Å². The van der Waals surface area contributed by atoms with Gasteiger partial charge in [-0.05, 0) is 57.6 Å². The van der Waals surface area contributed by atoms with Crippen LogP contribution in [0.2, 0.25) is 0 Å². The molecule has 0 N–H and O–H groups in total. The first-order chi connectivity index (χ1) is 15.9. The van der Waals surface area contributed by atoms with Gasteiger partial charge in [0.15, 0.2) is 5.82 Å². The van der Waals surface area contributed by atoms with Gasteiger partial charge in [-0.15, -0.1) is 10.2 Å². The van der Waals surface area contributed by atoms with Crippen molar-refractivity contribution < 1.29 is 13.2 Å². The van der Waals surface area contributed by atoms with Crippen molar-refractivity contribution in [1.82, 2.24) is 24.0 Å². The Kier molecular flexibility index (Phi) is 6.26. The number of sulfonamides is 1. The monoisotopic (exact) mass is 471 g/mol. The molecule has 33 heavy (non-hydrogen) atoms. The smallest absolute Gasteiger partial charge is 0.243 e. The number of hydrogen-bond donors (Lipinski definition) is 0. The zero-order valence-corrected chi connectivity index (χ0v) is 20.1. The number of piperidine rings is 1. The zero-order valence-electron chi connectivity index (χ0n) is 19.3. The van der Waals surface area contributed by atoms with E-state index in [0.29, 0.717) is 30.8 Å². The first-order valence-electron chi connectivity index (χ1n) is 12.2. The van der Waals surface area contributed by atoms with E-state index in [1.807, 2.05) is 24.0 Å². The fourth-order valence-corrected chi connectivity index (χ4v) is 6.96. The molecule has 0 radical (unpaired) electrons. The van der Waals surface area contributed by atoms with Gasteiger partial charge in [0.25, 0.3) is 0 Å². The number of carbonyl (C=O) groups is 1. The molecule has 3 aliphatic heterocycles. The number of hydrogen-bond acceptors (Lipinski definition) is 5. The summed E-state index contributed by atoms with van der Waals surface area (Å²) < 4.78 is 29.8. The Morgan fingerprint density at radius 3 is 2.42 bits per heavy atom. The molecule has 8 nitrogen and oxygen atoms in total. The Balaban J connectivity index is 1.26. The van der Waals surface area contributed by atoms with Gasteiger partial charge in [0, 0.05) is 38.5 Å². The molecule has 2 saturated heterocycles. The molecule has 1 atom stereocenters. The highest BCUT2D eigenvalue weighted by Gasteiger charge is 2.39. The van der Waals surface area contributed by atoms with E-state index in [1.165, 1.54) is 10.7 Å². The third-order valence-corrected chi connectivity index (χ3v) is 9.35. The lowest BCUT2D eigenvalue weighted by Crippen LogP contribution is -2.44. The molecule has 1 aromatic carbocycles. The van der Waals surface area contributed by atoms with E-state index in [0.717, 1.165) is 62.4 Å². The van der Waals surface area contributed by atoms with Crippen molar-refractivity contribution in [3.63, 3.8) is 0 Å². The first-order valence-corrected chi connectivity index (χ1v) is 13.7. The number of fused-ring (bicyclic) bond motifs is 1. The van der Waals surface area contributed by atoms with E-state index in [2.05, 4.69) is 14.8 Å². The Bertz CT molecular complexity index is 1100. The third-order valence-electron chi connectivity index (χ3n) is 7.43. The number of nitrogens with zero attached hydrogens (tertiary/aromatic N) is 5. The van der Waals surface area contributed by atoms with E-state index in [4.69, 9.17) is 0 Å². The quantitative estimate of drug-likeness (QED) is 0.684. The average Bonchev–Trinajstić information content (AvgIpc) is 3.39. The standard InChI is InChI=1S/C24H33N5O3S/c1-18-8-10-20(11-9-18)33(31,32)27-16-12-19(13-17-27)24(30)28-15-5-6-21(28)23-26-25-22-7-3-2-4-14-29(22)23/h8-11,19,21H,2-7,12-17H2,1H3. The fraction of sp³-hybridized carbons (Fsp3) is 0.625. The van der Waals surface area contributed by atoms with Crippen LogP contribution in [0, 0.1) is 12.8 Å². The third kappa shape index (κ3) is 4.33. The van der Waals surface area contributed by atoms with Crippen LogP contribution in [0.1, 0.15) is 68.2 Å². The van der Waals surface area contributed by atoms with E-state index in [9.17, 15) is 13.2 Å². The van der Waals surface area contributed by atoms with Crippen molar-refractivity contribution in [3.8, 4) is 0 Å². The highest BCUT2D eigenvalue weighted by Crippen LogP contribution is 2.35. The van der Waals surface area contributed by atoms with Gasteiger partial charge in [-0.3, -0.25) is 4.79 Å². The summed E-state index contributed by atoms with van der Waals surface area (Å²) in [6, 6.07) is 6.96. The van der Waals surface area contributed by atoms with Crippen LogP contribution in [0.4, 0.5) is 0 Å². The van der Waals surface area contributed by atoms with E-state index >= 15 is 0 Å². The fourth-order valence-electron chi connectivity index (χ4n) is 5.49. The lowest BCUT2D eigenvalue weighted by atomic mass is 9.96. The van der Waals surface area contributed by atoms with Gasteiger partial charge in [-0.1, -0.05) is 24.1 Å². The van der Waals surface area contributed by atoms with Crippen LogP contribution in [-0.4, -0.2) is 57.9 Å². The van der Waals surface area contributed by atoms with Crippen molar-refractivity contribution in [2.45, 2.75) is 75.8 Å². The van der Waals surface area contributed by atoms with Crippen molar-refractivity contribution in [3.05, 3.63) is 41.5 Å². The Hall–Kier alpha value is -2.26. The van der Waals surface area contributed by atoms with Gasteiger partial charge in [0.1, 0.15) is 5.82 Å². The second kappa shape index (κ2) is 9.18. The molecule has 2 fully saturated rings. The van der Waals surface area contributed by atoms with Crippen LogP contribution in [-0.2, 0) is 27.8 Å². The molecule has 9 heteroatoms. The SMILES string of the molecule is Cc1ccc(S(=O)(=O)N2CCC(C(=O)N3CCCC3c3nnc4n3CCCCC4)CC2)cc1. The summed E-state index contributed by atoms with van der Waals surface area (Å²) in [6.07, 6.45) is 7.46. The van der Waals surface area contributed by atoms with Crippen LogP contribution < -0.4 is 0 Å². The largest absolute Gasteiger partial charge is 0.332 e. The minimum absolute atomic E-state index is 0.00818. The summed E-state index contributed by atoms with van der Waals surface area (Å²) >= 11 is 0. The van der Waals surface area contributed by atoms with Crippen LogP contribution in [0.5, 0.6) is 0 Å². The predicted molar refractivity (Wildman–Crippen MR) is 124 cm³/mol. The molecule has 1 unspecified atom stereocenters. The number of likely N-dealkylation sites (tertiary alicyclic amines) is 1. The molecule has 0 spiro atoms. The molecule has 1 aromatic heterocycles. The van der Waals surface area contributed by atoms with Gasteiger partial charge in [-0.25, -0.2) is 8.42 Å². The second-order valence-electron chi connectivity index (χ2n) is 9.62. The number of aryl methyl sites for hydroxylation is 2. The first kappa shape index (κ1) is 22.5. The number of amides is 1. The maximum atomic E-state index is 13.5. The summed E-state index contributed by atoms with van der Waals surface area (Å²) in [5, 5.41) is 8.96. The normalized spacial score (nSPS) is 22.8. The molecule has 0 saturated carbocycles. The lowest BCUT2D eigenvalue weighted by Gasteiger charge is -2.34. The number of rotatable bonds is 4.